The fourth-order valence-corrected chi connectivity index (χ4v) is 3.41. The molecule has 1 aromatic carbocycles. The van der Waals surface area contributed by atoms with Gasteiger partial charge in [-0.1, -0.05) is 50.6 Å². The molecule has 0 aliphatic heterocycles. The highest BCUT2D eigenvalue weighted by Gasteiger charge is 2.27. The molecule has 0 spiro atoms. The average molecular weight is 297 g/mol. The highest BCUT2D eigenvalue weighted by atomic mass is 32.2. The molecule has 0 saturated heterocycles. The lowest BCUT2D eigenvalue weighted by atomic mass is 9.79. The lowest BCUT2D eigenvalue weighted by Crippen LogP contribution is -2.37. The maximum atomic E-state index is 11.4. The van der Waals surface area contributed by atoms with E-state index in [1.54, 1.807) is 0 Å². The SMILES string of the molecule is CCC(C)C(c1ccccc1)C(CCS(C)(=O)=O)NC. The van der Waals surface area contributed by atoms with Gasteiger partial charge in [-0.05, 0) is 24.9 Å². The highest BCUT2D eigenvalue weighted by Crippen LogP contribution is 2.31. The van der Waals surface area contributed by atoms with Crippen LogP contribution in [-0.4, -0.2) is 33.5 Å². The number of sulfone groups is 1. The predicted molar refractivity (Wildman–Crippen MR) is 85.8 cm³/mol. The quantitative estimate of drug-likeness (QED) is 0.802. The molecule has 20 heavy (non-hydrogen) atoms. The number of hydrogen-bond donors (Lipinski definition) is 1. The van der Waals surface area contributed by atoms with Crippen molar-refractivity contribution < 1.29 is 8.42 Å². The van der Waals surface area contributed by atoms with Crippen LogP contribution in [0.4, 0.5) is 0 Å². The van der Waals surface area contributed by atoms with E-state index in [0.29, 0.717) is 18.3 Å². The van der Waals surface area contributed by atoms with E-state index in [1.807, 2.05) is 25.2 Å². The molecule has 1 N–H and O–H groups in total. The fraction of sp³-hybridized carbons (Fsp3) is 0.625. The normalized spacial score (nSPS) is 16.6. The van der Waals surface area contributed by atoms with E-state index < -0.39 is 9.84 Å². The van der Waals surface area contributed by atoms with E-state index >= 15 is 0 Å². The minimum Gasteiger partial charge on any atom is -0.316 e. The number of rotatable bonds is 8. The second-order valence-corrected chi connectivity index (χ2v) is 7.90. The maximum Gasteiger partial charge on any atom is 0.147 e. The zero-order chi connectivity index (χ0) is 15.2. The van der Waals surface area contributed by atoms with Gasteiger partial charge in [0.2, 0.25) is 0 Å². The maximum absolute atomic E-state index is 11.4. The first kappa shape index (κ1) is 17.2. The van der Waals surface area contributed by atoms with Crippen LogP contribution in [0.3, 0.4) is 0 Å². The number of benzene rings is 1. The van der Waals surface area contributed by atoms with Crippen molar-refractivity contribution in [3.05, 3.63) is 35.9 Å². The lowest BCUT2D eigenvalue weighted by molar-refractivity contribution is 0.341. The van der Waals surface area contributed by atoms with Gasteiger partial charge in [-0.2, -0.15) is 0 Å². The molecule has 1 rings (SSSR count). The van der Waals surface area contributed by atoms with Gasteiger partial charge in [-0.3, -0.25) is 0 Å². The summed E-state index contributed by atoms with van der Waals surface area (Å²) in [5.41, 5.74) is 1.29. The Morgan fingerprint density at radius 1 is 1.20 bits per heavy atom. The molecule has 3 unspecified atom stereocenters. The van der Waals surface area contributed by atoms with Crippen LogP contribution in [0, 0.1) is 5.92 Å². The Hall–Kier alpha value is -0.870. The minimum absolute atomic E-state index is 0.182. The van der Waals surface area contributed by atoms with Crippen molar-refractivity contribution in [2.75, 3.05) is 19.1 Å². The summed E-state index contributed by atoms with van der Waals surface area (Å²) in [5, 5.41) is 3.32. The molecule has 0 bridgehead atoms. The molecule has 0 aromatic heterocycles. The summed E-state index contributed by atoms with van der Waals surface area (Å²) in [5.74, 6) is 1.08. The van der Waals surface area contributed by atoms with Crippen molar-refractivity contribution >= 4 is 9.84 Å². The zero-order valence-corrected chi connectivity index (χ0v) is 13.8. The van der Waals surface area contributed by atoms with E-state index in [2.05, 4.69) is 31.3 Å². The molecule has 1 aromatic rings. The van der Waals surface area contributed by atoms with Crippen molar-refractivity contribution in [1.82, 2.24) is 5.32 Å². The number of nitrogens with one attached hydrogen (secondary N) is 1. The topological polar surface area (TPSA) is 46.2 Å². The summed E-state index contributed by atoms with van der Waals surface area (Å²) in [7, 11) is -0.996. The molecule has 0 fully saturated rings. The summed E-state index contributed by atoms with van der Waals surface area (Å²) in [4.78, 5) is 0. The van der Waals surface area contributed by atoms with Gasteiger partial charge in [0.25, 0.3) is 0 Å². The Balaban J connectivity index is 2.96. The van der Waals surface area contributed by atoms with Crippen molar-refractivity contribution in [3.63, 3.8) is 0 Å². The van der Waals surface area contributed by atoms with Gasteiger partial charge in [0.1, 0.15) is 9.84 Å². The third kappa shape index (κ3) is 5.25. The molecule has 0 radical (unpaired) electrons. The summed E-state index contributed by atoms with van der Waals surface area (Å²) >= 11 is 0. The van der Waals surface area contributed by atoms with Crippen LogP contribution in [0.5, 0.6) is 0 Å². The smallest absolute Gasteiger partial charge is 0.147 e. The van der Waals surface area contributed by atoms with Crippen LogP contribution in [0.25, 0.3) is 0 Å². The van der Waals surface area contributed by atoms with Crippen LogP contribution < -0.4 is 5.32 Å². The predicted octanol–water partition coefficient (Wildman–Crippen LogP) is 2.84. The molecule has 0 aliphatic carbocycles. The molecule has 0 saturated carbocycles. The van der Waals surface area contributed by atoms with Crippen molar-refractivity contribution in [3.8, 4) is 0 Å². The van der Waals surface area contributed by atoms with Gasteiger partial charge >= 0.3 is 0 Å². The molecule has 3 nitrogen and oxygen atoms in total. The zero-order valence-electron chi connectivity index (χ0n) is 13.0. The Bertz CT molecular complexity index is 484. The third-order valence-corrected chi connectivity index (χ3v) is 5.02. The highest BCUT2D eigenvalue weighted by molar-refractivity contribution is 7.90. The fourth-order valence-electron chi connectivity index (χ4n) is 2.73. The number of likely N-dealkylation sites (N-methyl/N-ethyl adjacent to an activating group) is 1. The summed E-state index contributed by atoms with van der Waals surface area (Å²) < 4.78 is 22.8. The number of hydrogen-bond acceptors (Lipinski definition) is 3. The van der Waals surface area contributed by atoms with Crippen molar-refractivity contribution in [1.29, 1.82) is 0 Å². The van der Waals surface area contributed by atoms with Gasteiger partial charge in [0.05, 0.1) is 5.75 Å². The molecular formula is C16H27NO2S. The van der Waals surface area contributed by atoms with Gasteiger partial charge in [0.15, 0.2) is 0 Å². The third-order valence-electron chi connectivity index (χ3n) is 4.05. The van der Waals surface area contributed by atoms with E-state index in [1.165, 1.54) is 11.8 Å². The monoisotopic (exact) mass is 297 g/mol. The Labute approximate surface area is 123 Å². The molecule has 0 heterocycles. The van der Waals surface area contributed by atoms with E-state index in [-0.39, 0.29) is 11.8 Å². The summed E-state index contributed by atoms with van der Waals surface area (Å²) in [6.45, 7) is 4.42. The van der Waals surface area contributed by atoms with Crippen molar-refractivity contribution in [2.45, 2.75) is 38.6 Å². The van der Waals surface area contributed by atoms with Gasteiger partial charge in [0, 0.05) is 18.2 Å². The second-order valence-electron chi connectivity index (χ2n) is 5.64. The molecule has 0 aliphatic rings. The van der Waals surface area contributed by atoms with Gasteiger partial charge < -0.3 is 5.32 Å². The van der Waals surface area contributed by atoms with Crippen molar-refractivity contribution in [2.24, 2.45) is 5.92 Å². The Kier molecular flexibility index (Phi) is 6.69. The van der Waals surface area contributed by atoms with E-state index in [4.69, 9.17) is 0 Å². The summed E-state index contributed by atoms with van der Waals surface area (Å²) in [6.07, 6.45) is 3.04. The molecule has 3 atom stereocenters. The average Bonchev–Trinajstić information content (AvgIpc) is 2.42. The molecule has 114 valence electrons. The first-order chi connectivity index (χ1) is 9.39. The minimum atomic E-state index is -2.92. The van der Waals surface area contributed by atoms with Crippen LogP contribution in [0.15, 0.2) is 30.3 Å². The van der Waals surface area contributed by atoms with Gasteiger partial charge in [-0.25, -0.2) is 8.42 Å². The van der Waals surface area contributed by atoms with E-state index in [9.17, 15) is 8.42 Å². The van der Waals surface area contributed by atoms with E-state index in [0.717, 1.165) is 6.42 Å². The largest absolute Gasteiger partial charge is 0.316 e. The second kappa shape index (κ2) is 7.79. The Morgan fingerprint density at radius 3 is 2.25 bits per heavy atom. The Morgan fingerprint density at radius 2 is 1.80 bits per heavy atom. The molecule has 4 heteroatoms. The summed E-state index contributed by atoms with van der Waals surface area (Å²) in [6, 6.07) is 10.6. The first-order valence-corrected chi connectivity index (χ1v) is 9.35. The van der Waals surface area contributed by atoms with Crippen LogP contribution in [0.1, 0.15) is 38.2 Å². The van der Waals surface area contributed by atoms with Crippen LogP contribution in [-0.2, 0) is 9.84 Å². The molecule has 0 amide bonds. The van der Waals surface area contributed by atoms with Crippen LogP contribution in [0.2, 0.25) is 0 Å². The standard InChI is InChI=1S/C16H27NO2S/c1-5-13(2)16(14-9-7-6-8-10-14)15(17-3)11-12-20(4,18)19/h6-10,13,15-17H,5,11-12H2,1-4H3. The van der Waals surface area contributed by atoms with Gasteiger partial charge in [-0.15, -0.1) is 0 Å². The molecular weight excluding hydrogens is 270 g/mol. The van der Waals surface area contributed by atoms with Crippen LogP contribution >= 0.6 is 0 Å². The lowest BCUT2D eigenvalue weighted by Gasteiger charge is -2.32. The first-order valence-electron chi connectivity index (χ1n) is 7.29.